The summed E-state index contributed by atoms with van der Waals surface area (Å²) in [5.41, 5.74) is 0.331. The van der Waals surface area contributed by atoms with Gasteiger partial charge < -0.3 is 10.6 Å². The van der Waals surface area contributed by atoms with Crippen LogP contribution in [-0.2, 0) is 0 Å². The maximum Gasteiger partial charge on any atom is 0.282 e. The standard InChI is InChI=1S/C17H16N4O4S/c1-2-18-15(22)11-7-3-5-9-13(11)19-17(26)20-16(23)12-8-4-6-10-14(12)21(24)25/h3-10H,2H2,1H3,(H,18,22)(H2,19,20,23,26). The fourth-order valence-electron chi connectivity index (χ4n) is 2.19. The van der Waals surface area contributed by atoms with Crippen molar-refractivity contribution in [3.63, 3.8) is 0 Å². The number of hydrogen-bond donors (Lipinski definition) is 3. The van der Waals surface area contributed by atoms with Gasteiger partial charge in [-0.3, -0.25) is 25.0 Å². The van der Waals surface area contributed by atoms with Gasteiger partial charge in [-0.05, 0) is 37.3 Å². The largest absolute Gasteiger partial charge is 0.352 e. The fraction of sp³-hybridized carbons (Fsp3) is 0.118. The molecule has 0 aromatic heterocycles. The number of benzene rings is 2. The first-order valence-electron chi connectivity index (χ1n) is 7.67. The number of nitrogens with zero attached hydrogens (tertiary/aromatic N) is 1. The van der Waals surface area contributed by atoms with Gasteiger partial charge >= 0.3 is 0 Å². The van der Waals surface area contributed by atoms with Gasteiger partial charge in [-0.1, -0.05) is 24.3 Å². The van der Waals surface area contributed by atoms with Crippen LogP contribution in [0.2, 0.25) is 0 Å². The highest BCUT2D eigenvalue weighted by molar-refractivity contribution is 7.80. The van der Waals surface area contributed by atoms with Crippen molar-refractivity contribution < 1.29 is 14.5 Å². The quantitative estimate of drug-likeness (QED) is 0.422. The van der Waals surface area contributed by atoms with Crippen LogP contribution in [0.1, 0.15) is 27.6 Å². The van der Waals surface area contributed by atoms with Crippen LogP contribution in [-0.4, -0.2) is 28.4 Å². The molecule has 2 aromatic carbocycles. The Morgan fingerprint density at radius 2 is 1.65 bits per heavy atom. The van der Waals surface area contributed by atoms with E-state index < -0.39 is 10.8 Å². The molecular formula is C17H16N4O4S. The predicted molar refractivity (Wildman–Crippen MR) is 101 cm³/mol. The Hall–Kier alpha value is -3.33. The normalized spacial score (nSPS) is 9.88. The van der Waals surface area contributed by atoms with Crippen LogP contribution in [0.4, 0.5) is 11.4 Å². The summed E-state index contributed by atoms with van der Waals surface area (Å²) in [6, 6.07) is 12.2. The van der Waals surface area contributed by atoms with Crippen LogP contribution in [0.3, 0.4) is 0 Å². The molecule has 0 heterocycles. The summed E-state index contributed by atoms with van der Waals surface area (Å²) in [4.78, 5) is 34.7. The summed E-state index contributed by atoms with van der Waals surface area (Å²) in [6.07, 6.45) is 0. The molecule has 0 bridgehead atoms. The monoisotopic (exact) mass is 372 g/mol. The van der Waals surface area contributed by atoms with Crippen LogP contribution >= 0.6 is 12.2 Å². The number of nitrogens with one attached hydrogen (secondary N) is 3. The van der Waals surface area contributed by atoms with Gasteiger partial charge in [-0.2, -0.15) is 0 Å². The third-order valence-corrected chi connectivity index (χ3v) is 3.53. The number of nitro benzene ring substituents is 1. The predicted octanol–water partition coefficient (Wildman–Crippen LogP) is 2.47. The van der Waals surface area contributed by atoms with Gasteiger partial charge in [0.05, 0.1) is 16.2 Å². The van der Waals surface area contributed by atoms with Crippen molar-refractivity contribution in [2.45, 2.75) is 6.92 Å². The van der Waals surface area contributed by atoms with E-state index >= 15 is 0 Å². The maximum absolute atomic E-state index is 12.3. The average molecular weight is 372 g/mol. The fourth-order valence-corrected chi connectivity index (χ4v) is 2.40. The SMILES string of the molecule is CCNC(=O)c1ccccc1NC(=S)NC(=O)c1ccccc1[N+](=O)[O-]. The van der Waals surface area contributed by atoms with Gasteiger partial charge in [0.15, 0.2) is 5.11 Å². The molecular weight excluding hydrogens is 356 g/mol. The molecule has 0 fully saturated rings. The molecule has 26 heavy (non-hydrogen) atoms. The van der Waals surface area contributed by atoms with Crippen molar-refractivity contribution in [1.82, 2.24) is 10.6 Å². The van der Waals surface area contributed by atoms with Crippen LogP contribution < -0.4 is 16.0 Å². The van der Waals surface area contributed by atoms with Gasteiger partial charge in [0.25, 0.3) is 17.5 Å². The van der Waals surface area contributed by atoms with Gasteiger partial charge in [-0.25, -0.2) is 0 Å². The average Bonchev–Trinajstić information content (AvgIpc) is 2.62. The molecule has 0 saturated carbocycles. The van der Waals surface area contributed by atoms with Gasteiger partial charge in [0.2, 0.25) is 0 Å². The molecule has 2 rings (SSSR count). The summed E-state index contributed by atoms with van der Waals surface area (Å²) < 4.78 is 0. The number of nitro groups is 1. The van der Waals surface area contributed by atoms with Gasteiger partial charge in [0.1, 0.15) is 5.56 Å². The Balaban J connectivity index is 2.14. The van der Waals surface area contributed by atoms with Gasteiger partial charge in [-0.15, -0.1) is 0 Å². The number of thiocarbonyl (C=S) groups is 1. The highest BCUT2D eigenvalue weighted by atomic mass is 32.1. The van der Waals surface area contributed by atoms with Crippen molar-refractivity contribution in [3.8, 4) is 0 Å². The summed E-state index contributed by atoms with van der Waals surface area (Å²) in [7, 11) is 0. The minimum atomic E-state index is -0.717. The second-order valence-corrected chi connectivity index (χ2v) is 5.50. The smallest absolute Gasteiger partial charge is 0.282 e. The van der Waals surface area contributed by atoms with Crippen molar-refractivity contribution in [1.29, 1.82) is 0 Å². The third kappa shape index (κ3) is 4.61. The molecule has 0 spiro atoms. The lowest BCUT2D eigenvalue weighted by molar-refractivity contribution is -0.385. The number of para-hydroxylation sites is 2. The number of anilines is 1. The summed E-state index contributed by atoms with van der Waals surface area (Å²) in [5.74, 6) is -1.01. The molecule has 134 valence electrons. The Bertz CT molecular complexity index is 869. The van der Waals surface area contributed by atoms with Crippen LogP contribution in [0.25, 0.3) is 0 Å². The van der Waals surface area contributed by atoms with E-state index in [1.807, 2.05) is 0 Å². The van der Waals surface area contributed by atoms with Crippen molar-refractivity contribution >= 4 is 40.5 Å². The van der Waals surface area contributed by atoms with E-state index in [0.29, 0.717) is 17.8 Å². The van der Waals surface area contributed by atoms with E-state index in [9.17, 15) is 19.7 Å². The molecule has 2 amide bonds. The van der Waals surface area contributed by atoms with E-state index in [2.05, 4.69) is 16.0 Å². The third-order valence-electron chi connectivity index (χ3n) is 3.33. The number of rotatable bonds is 5. The molecule has 0 atom stereocenters. The molecule has 0 saturated heterocycles. The Morgan fingerprint density at radius 3 is 2.31 bits per heavy atom. The molecule has 9 heteroatoms. The highest BCUT2D eigenvalue weighted by Gasteiger charge is 2.20. The molecule has 8 nitrogen and oxygen atoms in total. The molecule has 3 N–H and O–H groups in total. The first kappa shape index (κ1) is 19.0. The lowest BCUT2D eigenvalue weighted by atomic mass is 10.1. The second kappa shape index (κ2) is 8.67. The van der Waals surface area contributed by atoms with Crippen molar-refractivity contribution in [2.24, 2.45) is 0 Å². The summed E-state index contributed by atoms with van der Waals surface area (Å²) in [5, 5.41) is 18.8. The Labute approximate surface area is 154 Å². The minimum absolute atomic E-state index is 0.0788. The molecule has 0 radical (unpaired) electrons. The van der Waals surface area contributed by atoms with E-state index in [1.54, 1.807) is 31.2 Å². The summed E-state index contributed by atoms with van der Waals surface area (Å²) >= 11 is 5.09. The number of carbonyl (C=O) groups excluding carboxylic acids is 2. The lowest BCUT2D eigenvalue weighted by Gasteiger charge is -2.13. The zero-order valence-electron chi connectivity index (χ0n) is 13.8. The first-order valence-corrected chi connectivity index (χ1v) is 8.07. The molecule has 2 aromatic rings. The van der Waals surface area contributed by atoms with E-state index in [0.717, 1.165) is 0 Å². The lowest BCUT2D eigenvalue weighted by Crippen LogP contribution is -2.35. The topological polar surface area (TPSA) is 113 Å². The van der Waals surface area contributed by atoms with Crippen LogP contribution in [0.5, 0.6) is 0 Å². The second-order valence-electron chi connectivity index (χ2n) is 5.09. The van der Waals surface area contributed by atoms with Crippen LogP contribution in [0.15, 0.2) is 48.5 Å². The van der Waals surface area contributed by atoms with E-state index in [4.69, 9.17) is 12.2 Å². The summed E-state index contributed by atoms with van der Waals surface area (Å²) in [6.45, 7) is 2.26. The first-order chi connectivity index (χ1) is 12.4. The van der Waals surface area contributed by atoms with E-state index in [1.165, 1.54) is 24.3 Å². The molecule has 0 aliphatic heterocycles. The zero-order valence-corrected chi connectivity index (χ0v) is 14.6. The molecule has 0 aliphatic rings. The maximum atomic E-state index is 12.3. The van der Waals surface area contributed by atoms with Crippen molar-refractivity contribution in [2.75, 3.05) is 11.9 Å². The molecule has 0 unspecified atom stereocenters. The number of amides is 2. The Kier molecular flexibility index (Phi) is 6.34. The zero-order chi connectivity index (χ0) is 19.1. The Morgan fingerprint density at radius 1 is 1.04 bits per heavy atom. The molecule has 0 aliphatic carbocycles. The number of hydrogen-bond acceptors (Lipinski definition) is 5. The van der Waals surface area contributed by atoms with Crippen molar-refractivity contribution in [3.05, 3.63) is 69.8 Å². The number of carbonyl (C=O) groups is 2. The van der Waals surface area contributed by atoms with Crippen LogP contribution in [0, 0.1) is 10.1 Å². The van der Waals surface area contributed by atoms with Gasteiger partial charge in [0, 0.05) is 12.6 Å². The highest BCUT2D eigenvalue weighted by Crippen LogP contribution is 2.18. The minimum Gasteiger partial charge on any atom is -0.352 e. The van der Waals surface area contributed by atoms with E-state index in [-0.39, 0.29) is 22.3 Å².